The predicted octanol–water partition coefficient (Wildman–Crippen LogP) is 2.87. The highest BCUT2D eigenvalue weighted by Gasteiger charge is 2.27. The second-order valence-electron chi connectivity index (χ2n) is 7.43. The average molecular weight is 411 g/mol. The normalized spacial score (nSPS) is 11.3. The van der Waals surface area contributed by atoms with Gasteiger partial charge in [0, 0.05) is 18.1 Å². The van der Waals surface area contributed by atoms with E-state index < -0.39 is 23.0 Å². The summed E-state index contributed by atoms with van der Waals surface area (Å²) in [5.41, 5.74) is 4.25. The van der Waals surface area contributed by atoms with Crippen LogP contribution in [0.5, 0.6) is 0 Å². The van der Waals surface area contributed by atoms with Crippen molar-refractivity contribution in [2.75, 3.05) is 17.2 Å². The molecule has 0 unspecified atom stereocenters. The van der Waals surface area contributed by atoms with Crippen molar-refractivity contribution in [3.8, 4) is 0 Å². The molecule has 1 aromatic heterocycles. The van der Waals surface area contributed by atoms with Gasteiger partial charge < -0.3 is 10.6 Å². The SMILES string of the molecule is CC(C)CN(C(=O)c1ccc(Cl)cc1F)c1c(N)n(CC(C)C)c(=O)[nH]c1=O. The molecule has 7 nitrogen and oxygen atoms in total. The number of halogens is 2. The van der Waals surface area contributed by atoms with Gasteiger partial charge in [-0.1, -0.05) is 39.3 Å². The monoisotopic (exact) mass is 410 g/mol. The van der Waals surface area contributed by atoms with E-state index in [1.807, 2.05) is 27.7 Å². The van der Waals surface area contributed by atoms with Crippen LogP contribution < -0.4 is 21.9 Å². The lowest BCUT2D eigenvalue weighted by molar-refractivity contribution is 0.0979. The summed E-state index contributed by atoms with van der Waals surface area (Å²) in [6, 6.07) is 3.66. The van der Waals surface area contributed by atoms with Gasteiger partial charge in [-0.05, 0) is 30.0 Å². The van der Waals surface area contributed by atoms with Gasteiger partial charge >= 0.3 is 5.69 Å². The van der Waals surface area contributed by atoms with Crippen molar-refractivity contribution in [2.24, 2.45) is 11.8 Å². The summed E-state index contributed by atoms with van der Waals surface area (Å²) >= 11 is 5.76. The molecule has 28 heavy (non-hydrogen) atoms. The summed E-state index contributed by atoms with van der Waals surface area (Å²) < 4.78 is 15.5. The summed E-state index contributed by atoms with van der Waals surface area (Å²) in [5.74, 6) is -1.66. The number of nitrogens with two attached hydrogens (primary N) is 1. The van der Waals surface area contributed by atoms with Crippen LogP contribution in [0.25, 0.3) is 0 Å². The lowest BCUT2D eigenvalue weighted by Crippen LogP contribution is -2.43. The number of rotatable bonds is 6. The molecule has 0 aliphatic rings. The fraction of sp³-hybridized carbons (Fsp3) is 0.421. The Kier molecular flexibility index (Phi) is 6.66. The van der Waals surface area contributed by atoms with Gasteiger partial charge in [0.2, 0.25) is 0 Å². The Labute approximate surface area is 166 Å². The summed E-state index contributed by atoms with van der Waals surface area (Å²) in [6.45, 7) is 7.81. The van der Waals surface area contributed by atoms with Crippen molar-refractivity contribution in [1.82, 2.24) is 9.55 Å². The van der Waals surface area contributed by atoms with Crippen LogP contribution in [-0.2, 0) is 6.54 Å². The minimum absolute atomic E-state index is 0.0522. The van der Waals surface area contributed by atoms with Gasteiger partial charge in [-0.25, -0.2) is 9.18 Å². The van der Waals surface area contributed by atoms with Crippen LogP contribution in [0.1, 0.15) is 38.1 Å². The van der Waals surface area contributed by atoms with Gasteiger partial charge in [0.15, 0.2) is 5.69 Å². The molecular weight excluding hydrogens is 387 g/mol. The zero-order valence-electron chi connectivity index (χ0n) is 16.3. The number of aromatic amines is 1. The minimum Gasteiger partial charge on any atom is -0.383 e. The third kappa shape index (κ3) is 4.62. The summed E-state index contributed by atoms with van der Waals surface area (Å²) in [7, 11) is 0. The number of carbonyl (C=O) groups is 1. The first-order valence-corrected chi connectivity index (χ1v) is 9.30. The summed E-state index contributed by atoms with van der Waals surface area (Å²) in [5, 5.41) is 0.146. The Balaban J connectivity index is 2.68. The first-order valence-electron chi connectivity index (χ1n) is 8.92. The Morgan fingerprint density at radius 1 is 1.25 bits per heavy atom. The van der Waals surface area contributed by atoms with Crippen LogP contribution in [0.2, 0.25) is 5.02 Å². The molecule has 1 amide bonds. The van der Waals surface area contributed by atoms with Crippen LogP contribution in [0.4, 0.5) is 15.9 Å². The van der Waals surface area contributed by atoms with Crippen LogP contribution in [0, 0.1) is 17.7 Å². The molecule has 2 aromatic rings. The first-order chi connectivity index (χ1) is 13.0. The highest BCUT2D eigenvalue weighted by atomic mass is 35.5. The largest absolute Gasteiger partial charge is 0.383 e. The molecule has 0 atom stereocenters. The number of carbonyl (C=O) groups excluding carboxylic acids is 1. The second-order valence-corrected chi connectivity index (χ2v) is 7.87. The van der Waals surface area contributed by atoms with Crippen molar-refractivity contribution in [3.63, 3.8) is 0 Å². The van der Waals surface area contributed by atoms with E-state index in [4.69, 9.17) is 17.3 Å². The Hall–Kier alpha value is -2.61. The van der Waals surface area contributed by atoms with Gasteiger partial charge in [0.1, 0.15) is 11.6 Å². The third-order valence-electron chi connectivity index (χ3n) is 3.99. The van der Waals surface area contributed by atoms with E-state index in [9.17, 15) is 18.8 Å². The molecule has 1 aromatic carbocycles. The smallest absolute Gasteiger partial charge is 0.330 e. The molecule has 0 fully saturated rings. The lowest BCUT2D eigenvalue weighted by atomic mass is 10.1. The minimum atomic E-state index is -0.809. The van der Waals surface area contributed by atoms with Gasteiger partial charge in [-0.15, -0.1) is 0 Å². The van der Waals surface area contributed by atoms with Crippen LogP contribution >= 0.6 is 11.6 Å². The zero-order chi connectivity index (χ0) is 21.2. The van der Waals surface area contributed by atoms with Crippen molar-refractivity contribution in [3.05, 3.63) is 55.4 Å². The van der Waals surface area contributed by atoms with Crippen molar-refractivity contribution >= 4 is 29.0 Å². The van der Waals surface area contributed by atoms with Crippen LogP contribution in [-0.4, -0.2) is 22.0 Å². The van der Waals surface area contributed by atoms with Crippen LogP contribution in [0.15, 0.2) is 27.8 Å². The first kappa shape index (κ1) is 21.7. The number of hydrogen-bond donors (Lipinski definition) is 2. The maximum atomic E-state index is 14.3. The lowest BCUT2D eigenvalue weighted by Gasteiger charge is -2.26. The molecule has 0 aliphatic carbocycles. The number of benzene rings is 1. The maximum Gasteiger partial charge on any atom is 0.330 e. The standard InChI is InChI=1S/C19H24ClFN4O3/c1-10(2)8-24(18(27)13-6-5-12(20)7-14(13)21)15-16(22)25(9-11(3)4)19(28)23-17(15)26/h5-7,10-11H,8-9,22H2,1-4H3,(H,23,26,28). The molecule has 0 saturated heterocycles. The Morgan fingerprint density at radius 2 is 1.89 bits per heavy atom. The van der Waals surface area contributed by atoms with Crippen molar-refractivity contribution < 1.29 is 9.18 Å². The number of aromatic nitrogens is 2. The molecular formula is C19H24ClFN4O3. The maximum absolute atomic E-state index is 14.3. The summed E-state index contributed by atoms with van der Waals surface area (Å²) in [4.78, 5) is 41.1. The van der Waals surface area contributed by atoms with Gasteiger partial charge in [0.05, 0.1) is 5.56 Å². The third-order valence-corrected chi connectivity index (χ3v) is 4.22. The number of nitrogen functional groups attached to an aromatic ring is 1. The van der Waals surface area contributed by atoms with E-state index in [-0.39, 0.29) is 47.0 Å². The molecule has 152 valence electrons. The van der Waals surface area contributed by atoms with E-state index in [1.165, 1.54) is 16.7 Å². The van der Waals surface area contributed by atoms with E-state index in [1.54, 1.807) is 0 Å². The number of H-pyrrole nitrogens is 1. The molecule has 0 saturated carbocycles. The Bertz CT molecular complexity index is 998. The van der Waals surface area contributed by atoms with Crippen molar-refractivity contribution in [2.45, 2.75) is 34.2 Å². The average Bonchev–Trinajstić information content (AvgIpc) is 2.56. The Morgan fingerprint density at radius 3 is 2.43 bits per heavy atom. The highest BCUT2D eigenvalue weighted by molar-refractivity contribution is 6.30. The number of nitrogens with zero attached hydrogens (tertiary/aromatic N) is 2. The fourth-order valence-electron chi connectivity index (χ4n) is 2.83. The van der Waals surface area contributed by atoms with Gasteiger partial charge in [-0.2, -0.15) is 0 Å². The summed E-state index contributed by atoms with van der Waals surface area (Å²) in [6.07, 6.45) is 0. The van der Waals surface area contributed by atoms with E-state index in [2.05, 4.69) is 4.98 Å². The second kappa shape index (κ2) is 8.60. The predicted molar refractivity (Wildman–Crippen MR) is 108 cm³/mol. The van der Waals surface area contributed by atoms with E-state index in [0.717, 1.165) is 11.0 Å². The number of hydrogen-bond acceptors (Lipinski definition) is 4. The molecule has 0 spiro atoms. The van der Waals surface area contributed by atoms with Crippen LogP contribution in [0.3, 0.4) is 0 Å². The molecule has 0 bridgehead atoms. The molecule has 0 radical (unpaired) electrons. The van der Waals surface area contributed by atoms with Crippen molar-refractivity contribution in [1.29, 1.82) is 0 Å². The fourth-order valence-corrected chi connectivity index (χ4v) is 2.99. The highest BCUT2D eigenvalue weighted by Crippen LogP contribution is 2.23. The number of nitrogens with one attached hydrogen (secondary N) is 1. The molecule has 2 rings (SSSR count). The molecule has 9 heteroatoms. The molecule has 3 N–H and O–H groups in total. The number of anilines is 2. The van der Waals surface area contributed by atoms with E-state index in [0.29, 0.717) is 0 Å². The van der Waals surface area contributed by atoms with Gasteiger partial charge in [0.25, 0.3) is 11.5 Å². The van der Waals surface area contributed by atoms with E-state index >= 15 is 0 Å². The topological polar surface area (TPSA) is 101 Å². The number of amides is 1. The van der Waals surface area contributed by atoms with Gasteiger partial charge in [-0.3, -0.25) is 19.1 Å². The quantitative estimate of drug-likeness (QED) is 0.764. The zero-order valence-corrected chi connectivity index (χ0v) is 17.0. The molecule has 0 aliphatic heterocycles. The molecule has 1 heterocycles.